The molecule has 0 saturated carbocycles. The Morgan fingerprint density at radius 3 is 2.24 bits per heavy atom. The Morgan fingerprint density at radius 2 is 1.61 bits per heavy atom. The lowest BCUT2D eigenvalue weighted by Gasteiger charge is -2.27. The minimum absolute atomic E-state index is 0.137. The summed E-state index contributed by atoms with van der Waals surface area (Å²) in [4.78, 5) is 12.3. The van der Waals surface area contributed by atoms with E-state index in [0.717, 1.165) is 44.8 Å². The van der Waals surface area contributed by atoms with Crippen LogP contribution in [0, 0.1) is 11.3 Å². The van der Waals surface area contributed by atoms with Crippen molar-refractivity contribution in [2.75, 3.05) is 17.6 Å². The third-order valence-corrected chi connectivity index (χ3v) is 8.58. The summed E-state index contributed by atoms with van der Waals surface area (Å²) in [7, 11) is -3.62. The Kier molecular flexibility index (Phi) is 11.1. The maximum atomic E-state index is 13.5. The van der Waals surface area contributed by atoms with Crippen LogP contribution in [-0.4, -0.2) is 27.0 Å². The molecule has 0 heterocycles. The largest absolute Gasteiger partial charge is 0.384 e. The van der Waals surface area contributed by atoms with Gasteiger partial charge in [0, 0.05) is 12.0 Å². The molecule has 0 radical (unpaired) electrons. The van der Waals surface area contributed by atoms with Crippen LogP contribution in [0.15, 0.2) is 59.5 Å². The number of hydrogen-bond donors (Lipinski definition) is 1. The summed E-state index contributed by atoms with van der Waals surface area (Å²) in [5.74, 6) is 0.277. The first kappa shape index (κ1) is 27.1. The second-order valence-corrected chi connectivity index (χ2v) is 11.2. The van der Waals surface area contributed by atoms with Crippen LogP contribution in [-0.2, 0) is 21.1 Å². The number of benzene rings is 2. The van der Waals surface area contributed by atoms with E-state index in [9.17, 15) is 13.2 Å². The second-order valence-electron chi connectivity index (χ2n) is 9.27. The van der Waals surface area contributed by atoms with Gasteiger partial charge < -0.3 is 10.1 Å². The number of anilines is 1. The highest BCUT2D eigenvalue weighted by Crippen LogP contribution is 2.33. The highest BCUT2D eigenvalue weighted by atomic mass is 32.2. The van der Waals surface area contributed by atoms with E-state index >= 15 is 0 Å². The number of carbonyl (C=O) groups excluding carboxylic acids is 1. The lowest BCUT2D eigenvalue weighted by Crippen LogP contribution is -2.32. The molecule has 2 unspecified atom stereocenters. The highest BCUT2D eigenvalue weighted by Gasteiger charge is 2.35. The van der Waals surface area contributed by atoms with E-state index in [1.165, 1.54) is 5.56 Å². The number of carbonyl (C=O) groups is 1. The average molecular weight is 472 g/mol. The zero-order chi connectivity index (χ0) is 24.2. The molecule has 5 heteroatoms. The maximum Gasteiger partial charge on any atom is 0.181 e. The molecule has 0 aromatic heterocycles. The molecule has 1 N–H and O–H groups in total. The smallest absolute Gasteiger partial charge is 0.181 e. The Labute approximate surface area is 201 Å². The molecule has 4 nitrogen and oxygen atoms in total. The van der Waals surface area contributed by atoms with E-state index in [1.807, 2.05) is 25.1 Å². The van der Waals surface area contributed by atoms with Crippen LogP contribution in [0.2, 0.25) is 0 Å². The van der Waals surface area contributed by atoms with Crippen molar-refractivity contribution in [2.45, 2.75) is 77.0 Å². The topological polar surface area (TPSA) is 63.2 Å². The van der Waals surface area contributed by atoms with E-state index in [-0.39, 0.29) is 5.75 Å². The summed E-state index contributed by atoms with van der Waals surface area (Å²) in [6.07, 6.45) is 8.13. The molecule has 0 spiro atoms. The van der Waals surface area contributed by atoms with Gasteiger partial charge in [-0.15, -0.1) is 0 Å². The van der Waals surface area contributed by atoms with Gasteiger partial charge in [0.25, 0.3) is 0 Å². The Balaban J connectivity index is 2.21. The fraction of sp³-hybridized carbons (Fsp3) is 0.536. The molecule has 0 bridgehead atoms. The van der Waals surface area contributed by atoms with E-state index in [0.29, 0.717) is 35.9 Å². The minimum Gasteiger partial charge on any atom is -0.384 e. The number of sulfone groups is 1. The predicted octanol–water partition coefficient (Wildman–Crippen LogP) is 6.71. The molecule has 182 valence electrons. The summed E-state index contributed by atoms with van der Waals surface area (Å²) in [5, 5.41) is 3.45. The number of para-hydroxylation sites is 1. The van der Waals surface area contributed by atoms with Crippen LogP contribution in [0.25, 0.3) is 0 Å². The van der Waals surface area contributed by atoms with Crippen molar-refractivity contribution < 1.29 is 13.2 Å². The van der Waals surface area contributed by atoms with Crippen molar-refractivity contribution in [1.82, 2.24) is 0 Å². The molecule has 2 rings (SSSR count). The summed E-state index contributed by atoms with van der Waals surface area (Å²) in [6.45, 7) is 6.87. The third kappa shape index (κ3) is 8.29. The van der Waals surface area contributed by atoms with Crippen molar-refractivity contribution in [1.29, 1.82) is 0 Å². The van der Waals surface area contributed by atoms with Gasteiger partial charge in [-0.25, -0.2) is 8.42 Å². The zero-order valence-corrected chi connectivity index (χ0v) is 21.4. The van der Waals surface area contributed by atoms with E-state index in [4.69, 9.17) is 0 Å². The normalized spacial score (nSPS) is 14.4. The predicted molar refractivity (Wildman–Crippen MR) is 138 cm³/mol. The number of rotatable bonds is 16. The van der Waals surface area contributed by atoms with Gasteiger partial charge in [0.1, 0.15) is 6.29 Å². The first-order valence-electron chi connectivity index (χ1n) is 12.5. The average Bonchev–Trinajstić information content (AvgIpc) is 2.84. The summed E-state index contributed by atoms with van der Waals surface area (Å²) in [6, 6.07) is 17.6. The molecular weight excluding hydrogens is 430 g/mol. The molecule has 0 aliphatic heterocycles. The lowest BCUT2D eigenvalue weighted by atomic mass is 9.84. The maximum absolute atomic E-state index is 13.5. The molecule has 2 atom stereocenters. The number of nitrogens with one attached hydrogen (secondary N) is 1. The fourth-order valence-electron chi connectivity index (χ4n) is 4.37. The van der Waals surface area contributed by atoms with E-state index in [2.05, 4.69) is 43.4 Å². The summed E-state index contributed by atoms with van der Waals surface area (Å²) < 4.78 is 26.9. The third-order valence-electron chi connectivity index (χ3n) is 6.60. The highest BCUT2D eigenvalue weighted by molar-refractivity contribution is 7.91. The zero-order valence-electron chi connectivity index (χ0n) is 20.6. The first-order valence-corrected chi connectivity index (χ1v) is 14.1. The molecular formula is C28H41NO3S. The van der Waals surface area contributed by atoms with Crippen LogP contribution in [0.1, 0.15) is 71.3 Å². The van der Waals surface area contributed by atoms with Crippen LogP contribution in [0.4, 0.5) is 5.69 Å². The van der Waals surface area contributed by atoms with Gasteiger partial charge >= 0.3 is 0 Å². The van der Waals surface area contributed by atoms with Crippen molar-refractivity contribution in [3.8, 4) is 0 Å². The van der Waals surface area contributed by atoms with Crippen molar-refractivity contribution in [3.63, 3.8) is 0 Å². The van der Waals surface area contributed by atoms with Gasteiger partial charge in [0.05, 0.1) is 16.3 Å². The fourth-order valence-corrected chi connectivity index (χ4v) is 6.46. The van der Waals surface area contributed by atoms with Gasteiger partial charge in [0.15, 0.2) is 9.84 Å². The molecule has 0 saturated heterocycles. The van der Waals surface area contributed by atoms with Gasteiger partial charge in [0.2, 0.25) is 0 Å². The van der Waals surface area contributed by atoms with E-state index < -0.39 is 15.3 Å². The van der Waals surface area contributed by atoms with Crippen molar-refractivity contribution in [3.05, 3.63) is 60.2 Å². The Bertz CT molecular complexity index is 943. The molecule has 2 aromatic carbocycles. The monoisotopic (exact) mass is 471 g/mol. The van der Waals surface area contributed by atoms with Gasteiger partial charge in [-0.05, 0) is 49.3 Å². The number of unbranched alkanes of at least 4 members (excludes halogenated alkanes) is 2. The SMILES string of the molecule is CCCCC(CNc1ccccc1S(=O)(=O)CC(C=O)(CC)CCCC)Cc1ccccc1. The van der Waals surface area contributed by atoms with Gasteiger partial charge in [-0.2, -0.15) is 0 Å². The minimum atomic E-state index is -3.62. The number of aldehydes is 1. The van der Waals surface area contributed by atoms with Gasteiger partial charge in [-0.3, -0.25) is 0 Å². The molecule has 0 fully saturated rings. The van der Waals surface area contributed by atoms with Crippen LogP contribution in [0.5, 0.6) is 0 Å². The van der Waals surface area contributed by atoms with Crippen LogP contribution >= 0.6 is 0 Å². The Hall–Kier alpha value is -2.14. The molecule has 0 aliphatic carbocycles. The Morgan fingerprint density at radius 1 is 0.939 bits per heavy atom. The molecule has 0 amide bonds. The summed E-state index contributed by atoms with van der Waals surface area (Å²) in [5.41, 5.74) is 1.12. The molecule has 33 heavy (non-hydrogen) atoms. The second kappa shape index (κ2) is 13.5. The standard InChI is InChI=1S/C28H41NO3S/c1-4-7-14-25(20-24-15-10-9-11-16-24)21-29-26-17-12-13-18-27(26)33(31,32)23-28(6-3,22-30)19-8-5-2/h9-13,15-18,22,25,29H,4-8,14,19-21,23H2,1-3H3. The quantitative estimate of drug-likeness (QED) is 0.276. The lowest BCUT2D eigenvalue weighted by molar-refractivity contribution is -0.115. The first-order chi connectivity index (χ1) is 15.9. The van der Waals surface area contributed by atoms with Crippen molar-refractivity contribution >= 4 is 21.8 Å². The molecule has 0 aliphatic rings. The summed E-state index contributed by atoms with van der Waals surface area (Å²) >= 11 is 0. The number of hydrogen-bond acceptors (Lipinski definition) is 4. The van der Waals surface area contributed by atoms with Crippen molar-refractivity contribution in [2.24, 2.45) is 11.3 Å². The van der Waals surface area contributed by atoms with Crippen LogP contribution in [0.3, 0.4) is 0 Å². The van der Waals surface area contributed by atoms with Crippen LogP contribution < -0.4 is 5.32 Å². The molecule has 2 aromatic rings. The van der Waals surface area contributed by atoms with Gasteiger partial charge in [-0.1, -0.05) is 88.9 Å². The van der Waals surface area contributed by atoms with E-state index in [1.54, 1.807) is 12.1 Å².